The highest BCUT2D eigenvalue weighted by atomic mass is 35.5. The zero-order chi connectivity index (χ0) is 13.9. The Balaban J connectivity index is 3.15. The van der Waals surface area contributed by atoms with Gasteiger partial charge in [0.2, 0.25) is 0 Å². The first-order valence-corrected chi connectivity index (χ1v) is 5.88. The number of ether oxygens (including phenoxy) is 1. The van der Waals surface area contributed by atoms with Gasteiger partial charge in [-0.2, -0.15) is 0 Å². The van der Waals surface area contributed by atoms with Gasteiger partial charge >= 0.3 is 0 Å². The number of halogens is 1. The number of hydrogen-bond donors (Lipinski definition) is 0. The molecule has 100 valence electrons. The minimum absolute atomic E-state index is 0.144. The molecule has 0 atom stereocenters. The molecule has 0 aliphatic heterocycles. The summed E-state index contributed by atoms with van der Waals surface area (Å²) < 4.78 is 5.16. The molecule has 0 spiro atoms. The summed E-state index contributed by atoms with van der Waals surface area (Å²) in [4.78, 5) is 17.1. The maximum atomic E-state index is 12.2. The number of hydroxylamine groups is 2. The van der Waals surface area contributed by atoms with Crippen LogP contribution >= 0.6 is 11.6 Å². The highest BCUT2D eigenvalue weighted by Gasteiger charge is 2.33. The lowest BCUT2D eigenvalue weighted by Crippen LogP contribution is -2.40. The fourth-order valence-electron chi connectivity index (χ4n) is 1.65. The number of carbonyl (C=O) groups is 1. The Kier molecular flexibility index (Phi) is 4.59. The summed E-state index contributed by atoms with van der Waals surface area (Å²) in [6, 6.07) is 5.30. The van der Waals surface area contributed by atoms with Gasteiger partial charge in [-0.3, -0.25) is 9.63 Å². The predicted molar refractivity (Wildman–Crippen MR) is 70.8 cm³/mol. The van der Waals surface area contributed by atoms with Crippen molar-refractivity contribution in [2.24, 2.45) is 0 Å². The SMILES string of the molecule is COc1cc(C(C)(C)C(=O)N(C)OC)ccc1Cl. The third kappa shape index (κ3) is 2.76. The van der Waals surface area contributed by atoms with Crippen LogP contribution in [0, 0.1) is 0 Å². The number of carbonyl (C=O) groups excluding carboxylic acids is 1. The summed E-state index contributed by atoms with van der Waals surface area (Å²) in [5.41, 5.74) is 0.0977. The van der Waals surface area contributed by atoms with Crippen LogP contribution in [-0.4, -0.2) is 32.2 Å². The second kappa shape index (κ2) is 5.59. The molecule has 0 aromatic heterocycles. The van der Waals surface area contributed by atoms with E-state index in [1.54, 1.807) is 26.3 Å². The molecule has 0 heterocycles. The van der Waals surface area contributed by atoms with Crippen molar-refractivity contribution in [2.75, 3.05) is 21.3 Å². The molecule has 0 saturated heterocycles. The zero-order valence-electron chi connectivity index (χ0n) is 11.3. The maximum absolute atomic E-state index is 12.2. The monoisotopic (exact) mass is 271 g/mol. The molecule has 5 heteroatoms. The van der Waals surface area contributed by atoms with Gasteiger partial charge < -0.3 is 4.74 Å². The molecule has 0 radical (unpaired) electrons. The number of methoxy groups -OCH3 is 1. The van der Waals surface area contributed by atoms with E-state index in [-0.39, 0.29) is 5.91 Å². The van der Waals surface area contributed by atoms with E-state index in [9.17, 15) is 4.79 Å². The first kappa shape index (κ1) is 14.8. The summed E-state index contributed by atoms with van der Waals surface area (Å²) in [5, 5.41) is 1.73. The fraction of sp³-hybridized carbons (Fsp3) is 0.462. The van der Waals surface area contributed by atoms with Gasteiger partial charge in [0.15, 0.2) is 0 Å². The molecule has 1 aromatic rings. The molecule has 0 aliphatic rings. The topological polar surface area (TPSA) is 38.8 Å². The first-order chi connectivity index (χ1) is 8.34. The van der Waals surface area contributed by atoms with Gasteiger partial charge in [-0.05, 0) is 31.5 Å². The predicted octanol–water partition coefficient (Wildman–Crippen LogP) is 2.65. The summed E-state index contributed by atoms with van der Waals surface area (Å²) in [6.07, 6.45) is 0. The van der Waals surface area contributed by atoms with Crippen LogP contribution in [0.1, 0.15) is 19.4 Å². The molecule has 0 aliphatic carbocycles. The molecule has 4 nitrogen and oxygen atoms in total. The molecule has 0 N–H and O–H groups in total. The van der Waals surface area contributed by atoms with Crippen molar-refractivity contribution in [1.82, 2.24) is 5.06 Å². The van der Waals surface area contributed by atoms with Crippen LogP contribution < -0.4 is 4.74 Å². The number of benzene rings is 1. The molecule has 0 saturated carbocycles. The molecule has 0 bridgehead atoms. The van der Waals surface area contributed by atoms with Gasteiger partial charge in [-0.15, -0.1) is 0 Å². The van der Waals surface area contributed by atoms with Gasteiger partial charge in [-0.25, -0.2) is 5.06 Å². The van der Waals surface area contributed by atoms with Crippen molar-refractivity contribution >= 4 is 17.5 Å². The van der Waals surface area contributed by atoms with Crippen LogP contribution in [0.5, 0.6) is 5.75 Å². The molecule has 0 unspecified atom stereocenters. The standard InChI is InChI=1S/C13H18ClNO3/c1-13(2,12(16)15(3)18-5)9-6-7-10(14)11(8-9)17-4/h6-8H,1-5H3. The van der Waals surface area contributed by atoms with Gasteiger partial charge in [0.1, 0.15) is 5.75 Å². The van der Waals surface area contributed by atoms with Crippen LogP contribution in [0.2, 0.25) is 5.02 Å². The average Bonchev–Trinajstić information content (AvgIpc) is 2.37. The van der Waals surface area contributed by atoms with E-state index in [1.807, 2.05) is 19.9 Å². The van der Waals surface area contributed by atoms with E-state index >= 15 is 0 Å². The van der Waals surface area contributed by atoms with E-state index in [1.165, 1.54) is 12.2 Å². The van der Waals surface area contributed by atoms with Crippen molar-refractivity contribution in [3.05, 3.63) is 28.8 Å². The highest BCUT2D eigenvalue weighted by molar-refractivity contribution is 6.32. The van der Waals surface area contributed by atoms with Gasteiger partial charge in [-0.1, -0.05) is 17.7 Å². The van der Waals surface area contributed by atoms with Crippen molar-refractivity contribution < 1.29 is 14.4 Å². The van der Waals surface area contributed by atoms with E-state index < -0.39 is 5.41 Å². The minimum atomic E-state index is -0.720. The maximum Gasteiger partial charge on any atom is 0.255 e. The van der Waals surface area contributed by atoms with Crippen LogP contribution in [-0.2, 0) is 15.0 Å². The average molecular weight is 272 g/mol. The summed E-state index contributed by atoms with van der Waals surface area (Å²) in [7, 11) is 4.58. The Morgan fingerprint density at radius 1 is 1.33 bits per heavy atom. The van der Waals surface area contributed by atoms with Gasteiger partial charge in [0.05, 0.1) is 24.7 Å². The van der Waals surface area contributed by atoms with E-state index in [4.69, 9.17) is 21.2 Å². The lowest BCUT2D eigenvalue weighted by atomic mass is 9.83. The summed E-state index contributed by atoms with van der Waals surface area (Å²) >= 11 is 5.97. The van der Waals surface area contributed by atoms with E-state index in [0.717, 1.165) is 5.56 Å². The van der Waals surface area contributed by atoms with Gasteiger partial charge in [0, 0.05) is 7.05 Å². The van der Waals surface area contributed by atoms with Crippen molar-refractivity contribution in [2.45, 2.75) is 19.3 Å². The van der Waals surface area contributed by atoms with Crippen LogP contribution in [0.4, 0.5) is 0 Å². The third-order valence-electron chi connectivity index (χ3n) is 2.97. The molecule has 1 rings (SSSR count). The number of nitrogens with zero attached hydrogens (tertiary/aromatic N) is 1. The zero-order valence-corrected chi connectivity index (χ0v) is 12.0. The summed E-state index contributed by atoms with van der Waals surface area (Å²) in [5.74, 6) is 0.407. The Bertz CT molecular complexity index is 446. The number of amides is 1. The van der Waals surface area contributed by atoms with Crippen molar-refractivity contribution in [3.63, 3.8) is 0 Å². The molecule has 0 fully saturated rings. The minimum Gasteiger partial charge on any atom is -0.495 e. The second-order valence-corrected chi connectivity index (χ2v) is 4.87. The molecule has 18 heavy (non-hydrogen) atoms. The smallest absolute Gasteiger partial charge is 0.255 e. The molecule has 1 aromatic carbocycles. The van der Waals surface area contributed by atoms with Gasteiger partial charge in [0.25, 0.3) is 5.91 Å². The summed E-state index contributed by atoms with van der Waals surface area (Å²) in [6.45, 7) is 3.65. The lowest BCUT2D eigenvalue weighted by Gasteiger charge is -2.28. The Morgan fingerprint density at radius 3 is 2.44 bits per heavy atom. The Hall–Kier alpha value is -1.26. The largest absolute Gasteiger partial charge is 0.495 e. The quantitative estimate of drug-likeness (QED) is 0.791. The fourth-order valence-corrected chi connectivity index (χ4v) is 1.84. The van der Waals surface area contributed by atoms with Crippen LogP contribution in [0.25, 0.3) is 0 Å². The Morgan fingerprint density at radius 2 is 1.94 bits per heavy atom. The van der Waals surface area contributed by atoms with Crippen molar-refractivity contribution in [3.8, 4) is 5.75 Å². The molecule has 1 amide bonds. The molecular formula is C13H18ClNO3. The number of likely N-dealkylation sites (N-methyl/N-ethyl adjacent to an activating group) is 1. The number of hydrogen-bond acceptors (Lipinski definition) is 3. The third-order valence-corrected chi connectivity index (χ3v) is 3.28. The van der Waals surface area contributed by atoms with Crippen LogP contribution in [0.3, 0.4) is 0 Å². The highest BCUT2D eigenvalue weighted by Crippen LogP contribution is 2.32. The van der Waals surface area contributed by atoms with E-state index in [2.05, 4.69) is 0 Å². The lowest BCUT2D eigenvalue weighted by molar-refractivity contribution is -0.174. The second-order valence-electron chi connectivity index (χ2n) is 4.46. The Labute approximate surface area is 112 Å². The molecular weight excluding hydrogens is 254 g/mol. The van der Waals surface area contributed by atoms with Crippen LogP contribution in [0.15, 0.2) is 18.2 Å². The van der Waals surface area contributed by atoms with E-state index in [0.29, 0.717) is 10.8 Å². The first-order valence-electron chi connectivity index (χ1n) is 5.51. The number of rotatable bonds is 4. The van der Waals surface area contributed by atoms with Crippen molar-refractivity contribution in [1.29, 1.82) is 0 Å². The normalized spacial score (nSPS) is 11.2.